The van der Waals surface area contributed by atoms with Crippen molar-refractivity contribution >= 4 is 16.3 Å². The summed E-state index contributed by atoms with van der Waals surface area (Å²) in [5.74, 6) is 0.518. The van der Waals surface area contributed by atoms with E-state index in [0.717, 1.165) is 23.6 Å². The highest BCUT2D eigenvalue weighted by molar-refractivity contribution is 7.15. The lowest BCUT2D eigenvalue weighted by molar-refractivity contribution is 0.586. The van der Waals surface area contributed by atoms with Gasteiger partial charge in [-0.15, -0.1) is 11.3 Å². The van der Waals surface area contributed by atoms with E-state index in [9.17, 15) is 0 Å². The fourth-order valence-corrected chi connectivity index (χ4v) is 2.03. The lowest BCUT2D eigenvalue weighted by atomic mass is 10.1. The van der Waals surface area contributed by atoms with Crippen LogP contribution in [-0.4, -0.2) is 15.9 Å². The number of fused-ring (bicyclic) bond motifs is 1. The molecule has 13 heavy (non-hydrogen) atoms. The number of nitrogens with two attached hydrogens (primary N) is 1. The van der Waals surface area contributed by atoms with E-state index in [1.807, 2.05) is 11.6 Å². The van der Waals surface area contributed by atoms with Crippen molar-refractivity contribution in [1.82, 2.24) is 9.38 Å². The zero-order valence-corrected chi connectivity index (χ0v) is 8.42. The molecule has 2 rings (SSSR count). The summed E-state index contributed by atoms with van der Waals surface area (Å²) in [5, 5.41) is 2.04. The van der Waals surface area contributed by atoms with Gasteiger partial charge in [0, 0.05) is 17.8 Å². The van der Waals surface area contributed by atoms with Crippen molar-refractivity contribution in [3.05, 3.63) is 23.5 Å². The Bertz CT molecular complexity index is 362. The Balaban J connectivity index is 2.20. The molecule has 0 spiro atoms. The molecule has 1 unspecified atom stereocenters. The highest BCUT2D eigenvalue weighted by atomic mass is 32.1. The summed E-state index contributed by atoms with van der Waals surface area (Å²) >= 11 is 1.66. The van der Waals surface area contributed by atoms with Crippen LogP contribution in [0.3, 0.4) is 0 Å². The molecule has 0 aliphatic carbocycles. The van der Waals surface area contributed by atoms with Gasteiger partial charge in [-0.2, -0.15) is 0 Å². The lowest BCUT2D eigenvalue weighted by Crippen LogP contribution is -2.13. The van der Waals surface area contributed by atoms with Gasteiger partial charge in [0.25, 0.3) is 0 Å². The van der Waals surface area contributed by atoms with Gasteiger partial charge in [-0.3, -0.25) is 4.40 Å². The van der Waals surface area contributed by atoms with Crippen LogP contribution in [0, 0.1) is 5.92 Å². The summed E-state index contributed by atoms with van der Waals surface area (Å²) in [7, 11) is 0. The van der Waals surface area contributed by atoms with Crippen molar-refractivity contribution in [3.63, 3.8) is 0 Å². The molecule has 0 aliphatic rings. The number of nitrogens with zero attached hydrogens (tertiary/aromatic N) is 2. The van der Waals surface area contributed by atoms with Gasteiger partial charge >= 0.3 is 0 Å². The Kier molecular flexibility index (Phi) is 2.33. The Labute approximate surface area is 81.2 Å². The number of aromatic nitrogens is 2. The Morgan fingerprint density at radius 3 is 3.23 bits per heavy atom. The summed E-state index contributed by atoms with van der Waals surface area (Å²) in [4.78, 5) is 5.56. The van der Waals surface area contributed by atoms with E-state index in [2.05, 4.69) is 22.5 Å². The predicted octanol–water partition coefficient (Wildman–Crippen LogP) is 1.53. The van der Waals surface area contributed by atoms with Crippen LogP contribution in [0.1, 0.15) is 12.6 Å². The van der Waals surface area contributed by atoms with Crippen molar-refractivity contribution < 1.29 is 0 Å². The molecule has 0 saturated heterocycles. The third-order valence-corrected chi connectivity index (χ3v) is 2.87. The summed E-state index contributed by atoms with van der Waals surface area (Å²) in [6, 6.07) is 0. The van der Waals surface area contributed by atoms with Crippen LogP contribution in [0.15, 0.2) is 17.8 Å². The molecule has 2 aromatic rings. The molecule has 0 saturated carbocycles. The first-order valence-electron chi connectivity index (χ1n) is 4.40. The van der Waals surface area contributed by atoms with Gasteiger partial charge in [0.05, 0.1) is 5.69 Å². The standard InChI is InChI=1S/C9H13N3S/c1-7(5-10)4-8-6-12-2-3-13-9(12)11-8/h2-3,6-7H,4-5,10H2,1H3. The van der Waals surface area contributed by atoms with Gasteiger partial charge in [-0.1, -0.05) is 6.92 Å². The zero-order chi connectivity index (χ0) is 9.26. The van der Waals surface area contributed by atoms with E-state index in [1.54, 1.807) is 11.3 Å². The fourth-order valence-electron chi connectivity index (χ4n) is 1.31. The summed E-state index contributed by atoms with van der Waals surface area (Å²) in [6.07, 6.45) is 5.09. The molecule has 2 aromatic heterocycles. The summed E-state index contributed by atoms with van der Waals surface area (Å²) in [6.45, 7) is 2.87. The molecular weight excluding hydrogens is 182 g/mol. The summed E-state index contributed by atoms with van der Waals surface area (Å²) in [5.41, 5.74) is 6.70. The first-order valence-corrected chi connectivity index (χ1v) is 5.28. The zero-order valence-electron chi connectivity index (χ0n) is 7.60. The average Bonchev–Trinajstić information content (AvgIpc) is 2.63. The highest BCUT2D eigenvalue weighted by Crippen LogP contribution is 2.13. The van der Waals surface area contributed by atoms with Gasteiger partial charge < -0.3 is 5.73 Å². The van der Waals surface area contributed by atoms with Crippen molar-refractivity contribution in [2.75, 3.05) is 6.54 Å². The minimum Gasteiger partial charge on any atom is -0.330 e. The first-order chi connectivity index (χ1) is 6.29. The van der Waals surface area contributed by atoms with Crippen LogP contribution in [0.4, 0.5) is 0 Å². The van der Waals surface area contributed by atoms with E-state index in [-0.39, 0.29) is 0 Å². The van der Waals surface area contributed by atoms with Crippen LogP contribution < -0.4 is 5.73 Å². The molecule has 3 nitrogen and oxygen atoms in total. The van der Waals surface area contributed by atoms with Crippen molar-refractivity contribution in [3.8, 4) is 0 Å². The quantitative estimate of drug-likeness (QED) is 0.807. The molecular formula is C9H13N3S. The molecule has 2 heterocycles. The first kappa shape index (κ1) is 8.72. The maximum absolute atomic E-state index is 5.56. The molecule has 0 bridgehead atoms. The van der Waals surface area contributed by atoms with E-state index in [4.69, 9.17) is 5.73 Å². The summed E-state index contributed by atoms with van der Waals surface area (Å²) < 4.78 is 2.06. The third kappa shape index (κ3) is 1.73. The van der Waals surface area contributed by atoms with Gasteiger partial charge in [0.1, 0.15) is 0 Å². The third-order valence-electron chi connectivity index (χ3n) is 2.10. The molecule has 0 aromatic carbocycles. The molecule has 0 radical (unpaired) electrons. The molecule has 2 N–H and O–H groups in total. The SMILES string of the molecule is CC(CN)Cc1cn2ccsc2n1. The van der Waals surface area contributed by atoms with Gasteiger partial charge in [0.15, 0.2) is 4.96 Å². The lowest BCUT2D eigenvalue weighted by Gasteiger charge is -2.03. The van der Waals surface area contributed by atoms with Crippen molar-refractivity contribution in [2.45, 2.75) is 13.3 Å². The predicted molar refractivity (Wildman–Crippen MR) is 55.0 cm³/mol. The van der Waals surface area contributed by atoms with Crippen LogP contribution in [0.5, 0.6) is 0 Å². The molecule has 0 amide bonds. The van der Waals surface area contributed by atoms with Crippen LogP contribution in [-0.2, 0) is 6.42 Å². The second kappa shape index (κ2) is 3.47. The second-order valence-corrected chi connectivity index (χ2v) is 4.24. The maximum atomic E-state index is 5.56. The second-order valence-electron chi connectivity index (χ2n) is 3.37. The number of hydrogen-bond donors (Lipinski definition) is 1. The van der Waals surface area contributed by atoms with Gasteiger partial charge in [0.2, 0.25) is 0 Å². The van der Waals surface area contributed by atoms with E-state index in [1.165, 1.54) is 0 Å². The number of imidazole rings is 1. The topological polar surface area (TPSA) is 43.3 Å². The largest absolute Gasteiger partial charge is 0.330 e. The molecule has 0 fully saturated rings. The highest BCUT2D eigenvalue weighted by Gasteiger charge is 2.05. The molecule has 4 heteroatoms. The number of hydrogen-bond acceptors (Lipinski definition) is 3. The Hall–Kier alpha value is -0.870. The Morgan fingerprint density at radius 1 is 1.69 bits per heavy atom. The average molecular weight is 195 g/mol. The molecule has 0 aliphatic heterocycles. The van der Waals surface area contributed by atoms with Crippen LogP contribution >= 0.6 is 11.3 Å². The van der Waals surface area contributed by atoms with Crippen LogP contribution in [0.25, 0.3) is 4.96 Å². The minimum atomic E-state index is 0.518. The van der Waals surface area contributed by atoms with Gasteiger partial charge in [-0.05, 0) is 18.9 Å². The minimum absolute atomic E-state index is 0.518. The normalized spacial score (nSPS) is 13.7. The molecule has 70 valence electrons. The van der Waals surface area contributed by atoms with Crippen molar-refractivity contribution in [1.29, 1.82) is 0 Å². The fraction of sp³-hybridized carbons (Fsp3) is 0.444. The molecule has 1 atom stereocenters. The Morgan fingerprint density at radius 2 is 2.54 bits per heavy atom. The van der Waals surface area contributed by atoms with Gasteiger partial charge in [-0.25, -0.2) is 4.98 Å². The van der Waals surface area contributed by atoms with E-state index >= 15 is 0 Å². The monoisotopic (exact) mass is 195 g/mol. The van der Waals surface area contributed by atoms with Crippen molar-refractivity contribution in [2.24, 2.45) is 11.7 Å². The van der Waals surface area contributed by atoms with Crippen LogP contribution in [0.2, 0.25) is 0 Å². The smallest absolute Gasteiger partial charge is 0.193 e. The van der Waals surface area contributed by atoms with E-state index < -0.39 is 0 Å². The maximum Gasteiger partial charge on any atom is 0.193 e. The number of thiazole rings is 1. The van der Waals surface area contributed by atoms with E-state index in [0.29, 0.717) is 5.92 Å². The number of rotatable bonds is 3.